The first-order valence-electron chi connectivity index (χ1n) is 7.14. The summed E-state index contributed by atoms with van der Waals surface area (Å²) < 4.78 is 2.37. The molecule has 0 atom stereocenters. The molecule has 0 unspecified atom stereocenters. The van der Waals surface area contributed by atoms with Crippen molar-refractivity contribution >= 4 is 10.9 Å². The molecular formula is C16H25N3. The molecule has 0 saturated carbocycles. The summed E-state index contributed by atoms with van der Waals surface area (Å²) in [4.78, 5) is 2.23. The predicted molar refractivity (Wildman–Crippen MR) is 82.5 cm³/mol. The number of rotatable bonds is 7. The van der Waals surface area contributed by atoms with Gasteiger partial charge in [-0.15, -0.1) is 0 Å². The summed E-state index contributed by atoms with van der Waals surface area (Å²) in [5.41, 5.74) is 2.78. The van der Waals surface area contributed by atoms with Gasteiger partial charge in [-0.05, 0) is 44.1 Å². The van der Waals surface area contributed by atoms with Crippen molar-refractivity contribution < 1.29 is 0 Å². The number of nitrogens with zero attached hydrogens (tertiary/aromatic N) is 2. The van der Waals surface area contributed by atoms with Crippen LogP contribution in [0.1, 0.15) is 18.9 Å². The molecule has 1 aromatic heterocycles. The van der Waals surface area contributed by atoms with Gasteiger partial charge in [-0.2, -0.15) is 0 Å². The molecular weight excluding hydrogens is 234 g/mol. The van der Waals surface area contributed by atoms with E-state index >= 15 is 0 Å². The molecule has 104 valence electrons. The van der Waals surface area contributed by atoms with Crippen molar-refractivity contribution in [3.8, 4) is 0 Å². The Hall–Kier alpha value is -1.32. The quantitative estimate of drug-likeness (QED) is 0.772. The fourth-order valence-electron chi connectivity index (χ4n) is 2.38. The normalized spacial score (nSPS) is 11.6. The minimum atomic E-state index is 0.956. The van der Waals surface area contributed by atoms with Gasteiger partial charge in [-0.25, -0.2) is 0 Å². The highest BCUT2D eigenvalue weighted by Gasteiger charge is 2.06. The smallest absolute Gasteiger partial charge is 0.0526 e. The zero-order chi connectivity index (χ0) is 13.7. The minimum Gasteiger partial charge on any atom is -0.346 e. The first kappa shape index (κ1) is 14.1. The number of benzene rings is 1. The van der Waals surface area contributed by atoms with Crippen LogP contribution in [0.25, 0.3) is 10.9 Å². The number of hydrogen-bond acceptors (Lipinski definition) is 2. The van der Waals surface area contributed by atoms with Gasteiger partial charge in [0.05, 0.1) is 5.52 Å². The van der Waals surface area contributed by atoms with Gasteiger partial charge in [0.25, 0.3) is 0 Å². The number of nitrogens with one attached hydrogen (secondary N) is 1. The van der Waals surface area contributed by atoms with Crippen LogP contribution >= 0.6 is 0 Å². The fraction of sp³-hybridized carbons (Fsp3) is 0.500. The van der Waals surface area contributed by atoms with Crippen LogP contribution in [0.5, 0.6) is 0 Å². The third-order valence-electron chi connectivity index (χ3n) is 3.40. The van der Waals surface area contributed by atoms with Crippen LogP contribution in [0, 0.1) is 0 Å². The van der Waals surface area contributed by atoms with Crippen LogP contribution in [0.15, 0.2) is 30.5 Å². The Morgan fingerprint density at radius 2 is 2.05 bits per heavy atom. The van der Waals surface area contributed by atoms with Gasteiger partial charge in [0, 0.05) is 25.8 Å². The summed E-state index contributed by atoms with van der Waals surface area (Å²) in [5.74, 6) is 0. The van der Waals surface area contributed by atoms with Crippen molar-refractivity contribution in [2.75, 3.05) is 27.2 Å². The molecule has 0 amide bonds. The molecule has 3 heteroatoms. The maximum Gasteiger partial charge on any atom is 0.0526 e. The van der Waals surface area contributed by atoms with Crippen molar-refractivity contribution in [2.24, 2.45) is 0 Å². The number of likely N-dealkylation sites (N-methyl/N-ethyl adjacent to an activating group) is 1. The van der Waals surface area contributed by atoms with Crippen LogP contribution < -0.4 is 5.32 Å². The van der Waals surface area contributed by atoms with E-state index in [-0.39, 0.29) is 0 Å². The van der Waals surface area contributed by atoms with Crippen LogP contribution in [0.3, 0.4) is 0 Å². The second-order valence-electron chi connectivity index (χ2n) is 5.34. The SMILES string of the molecule is CCCNCc1cccc2ccn(CCN(C)C)c12. The van der Waals surface area contributed by atoms with E-state index in [9.17, 15) is 0 Å². The molecule has 1 N–H and O–H groups in total. The lowest BCUT2D eigenvalue weighted by atomic mass is 10.1. The van der Waals surface area contributed by atoms with E-state index in [1.807, 2.05) is 0 Å². The lowest BCUT2D eigenvalue weighted by molar-refractivity contribution is 0.387. The van der Waals surface area contributed by atoms with Crippen LogP contribution in [-0.2, 0) is 13.1 Å². The molecule has 0 saturated heterocycles. The second-order valence-corrected chi connectivity index (χ2v) is 5.34. The summed E-state index contributed by atoms with van der Waals surface area (Å²) in [6, 6.07) is 8.80. The minimum absolute atomic E-state index is 0.956. The maximum atomic E-state index is 3.50. The molecule has 1 aromatic carbocycles. The molecule has 0 aliphatic rings. The predicted octanol–water partition coefficient (Wildman–Crippen LogP) is 2.70. The van der Waals surface area contributed by atoms with Crippen molar-refractivity contribution in [3.05, 3.63) is 36.0 Å². The number of hydrogen-bond donors (Lipinski definition) is 1. The first-order chi connectivity index (χ1) is 9.22. The van der Waals surface area contributed by atoms with Crippen LogP contribution in [-0.4, -0.2) is 36.7 Å². The molecule has 2 aromatic rings. The summed E-state index contributed by atoms with van der Waals surface area (Å²) in [6.45, 7) is 6.35. The number of fused-ring (bicyclic) bond motifs is 1. The third kappa shape index (κ3) is 3.58. The van der Waals surface area contributed by atoms with E-state index < -0.39 is 0 Å². The molecule has 2 rings (SSSR count). The molecule has 0 fully saturated rings. The van der Waals surface area contributed by atoms with E-state index in [0.29, 0.717) is 0 Å². The molecule has 1 heterocycles. The van der Waals surface area contributed by atoms with E-state index in [1.165, 1.54) is 22.9 Å². The van der Waals surface area contributed by atoms with E-state index in [2.05, 4.69) is 66.3 Å². The molecule has 0 aliphatic heterocycles. The summed E-state index contributed by atoms with van der Waals surface area (Å²) in [6.07, 6.45) is 3.38. The van der Waals surface area contributed by atoms with E-state index in [0.717, 1.165) is 26.2 Å². The van der Waals surface area contributed by atoms with Crippen molar-refractivity contribution in [1.29, 1.82) is 0 Å². The molecule has 0 spiro atoms. The number of para-hydroxylation sites is 1. The average Bonchev–Trinajstić information content (AvgIpc) is 2.81. The summed E-state index contributed by atoms with van der Waals surface area (Å²) in [5, 5.41) is 4.84. The van der Waals surface area contributed by atoms with Gasteiger partial charge < -0.3 is 14.8 Å². The summed E-state index contributed by atoms with van der Waals surface area (Å²) in [7, 11) is 4.24. The van der Waals surface area contributed by atoms with Gasteiger partial charge in [0.2, 0.25) is 0 Å². The largest absolute Gasteiger partial charge is 0.346 e. The van der Waals surface area contributed by atoms with Crippen molar-refractivity contribution in [3.63, 3.8) is 0 Å². The Balaban J connectivity index is 2.22. The Kier molecular flexibility index (Phi) is 5.00. The van der Waals surface area contributed by atoms with Crippen LogP contribution in [0.2, 0.25) is 0 Å². The highest BCUT2D eigenvalue weighted by Crippen LogP contribution is 2.20. The van der Waals surface area contributed by atoms with Gasteiger partial charge >= 0.3 is 0 Å². The molecule has 0 bridgehead atoms. The first-order valence-corrected chi connectivity index (χ1v) is 7.14. The Labute approximate surface area is 116 Å². The van der Waals surface area contributed by atoms with Gasteiger partial charge in [0.1, 0.15) is 0 Å². The van der Waals surface area contributed by atoms with Crippen molar-refractivity contribution in [1.82, 2.24) is 14.8 Å². The molecule has 0 aliphatic carbocycles. The standard InChI is InChI=1S/C16H25N3/c1-4-9-17-13-15-7-5-6-14-8-10-19(16(14)15)12-11-18(2)3/h5-8,10,17H,4,9,11-13H2,1-3H3. The Morgan fingerprint density at radius 1 is 1.21 bits per heavy atom. The molecule has 0 radical (unpaired) electrons. The Bertz CT molecular complexity index is 514. The van der Waals surface area contributed by atoms with E-state index in [4.69, 9.17) is 0 Å². The van der Waals surface area contributed by atoms with Gasteiger partial charge in [-0.1, -0.05) is 25.1 Å². The lowest BCUT2D eigenvalue weighted by Crippen LogP contribution is -2.19. The lowest BCUT2D eigenvalue weighted by Gasteiger charge is -2.13. The van der Waals surface area contributed by atoms with Gasteiger partial charge in [0.15, 0.2) is 0 Å². The van der Waals surface area contributed by atoms with E-state index in [1.54, 1.807) is 0 Å². The molecule has 3 nitrogen and oxygen atoms in total. The topological polar surface area (TPSA) is 20.2 Å². The third-order valence-corrected chi connectivity index (χ3v) is 3.40. The number of aromatic nitrogens is 1. The second kappa shape index (κ2) is 6.73. The van der Waals surface area contributed by atoms with Crippen molar-refractivity contribution in [2.45, 2.75) is 26.4 Å². The average molecular weight is 259 g/mol. The maximum absolute atomic E-state index is 3.50. The zero-order valence-corrected chi connectivity index (χ0v) is 12.3. The molecule has 19 heavy (non-hydrogen) atoms. The summed E-state index contributed by atoms with van der Waals surface area (Å²) >= 11 is 0. The highest BCUT2D eigenvalue weighted by molar-refractivity contribution is 5.83. The fourth-order valence-corrected chi connectivity index (χ4v) is 2.38. The zero-order valence-electron chi connectivity index (χ0n) is 12.3. The highest BCUT2D eigenvalue weighted by atomic mass is 15.1. The van der Waals surface area contributed by atoms with Gasteiger partial charge in [-0.3, -0.25) is 0 Å². The van der Waals surface area contributed by atoms with Crippen LogP contribution in [0.4, 0.5) is 0 Å². The monoisotopic (exact) mass is 259 g/mol. The Morgan fingerprint density at radius 3 is 2.79 bits per heavy atom.